The molecule has 122 valence electrons. The lowest BCUT2D eigenvalue weighted by atomic mass is 10.0. The Morgan fingerprint density at radius 3 is 2.17 bits per heavy atom. The van der Waals surface area contributed by atoms with Crippen molar-refractivity contribution < 1.29 is 9.53 Å². The predicted molar refractivity (Wildman–Crippen MR) is 93.8 cm³/mol. The number of para-hydroxylation sites is 1. The minimum Gasteiger partial charge on any atom is -0.403 e. The Balaban J connectivity index is 2.06. The van der Waals surface area contributed by atoms with Crippen molar-refractivity contribution in [3.63, 3.8) is 0 Å². The van der Waals surface area contributed by atoms with Crippen LogP contribution in [0.3, 0.4) is 0 Å². The van der Waals surface area contributed by atoms with Gasteiger partial charge in [0.05, 0.1) is 16.9 Å². The SMILES string of the molecule is Cc1nn(-c2ccccc2)c(OC(=O)c2ccccc2)c1C(C)C. The number of esters is 1. The van der Waals surface area contributed by atoms with Crippen molar-refractivity contribution >= 4 is 5.97 Å². The minimum absolute atomic E-state index is 0.195. The van der Waals surface area contributed by atoms with E-state index in [1.165, 1.54) is 0 Å². The molecule has 3 aromatic rings. The molecule has 1 heterocycles. The molecule has 0 bridgehead atoms. The molecule has 0 atom stereocenters. The highest BCUT2D eigenvalue weighted by Crippen LogP contribution is 2.32. The molecular formula is C20H20N2O2. The lowest BCUT2D eigenvalue weighted by Gasteiger charge is -2.12. The number of benzene rings is 2. The number of rotatable bonds is 4. The van der Waals surface area contributed by atoms with Crippen LogP contribution in [0.2, 0.25) is 0 Å². The average molecular weight is 320 g/mol. The van der Waals surface area contributed by atoms with Crippen LogP contribution in [0.4, 0.5) is 0 Å². The quantitative estimate of drug-likeness (QED) is 0.664. The first-order chi connectivity index (χ1) is 11.6. The van der Waals surface area contributed by atoms with E-state index in [0.29, 0.717) is 11.4 Å². The number of aryl methyl sites for hydroxylation is 1. The van der Waals surface area contributed by atoms with Gasteiger partial charge >= 0.3 is 5.97 Å². The van der Waals surface area contributed by atoms with Crippen LogP contribution < -0.4 is 4.74 Å². The fourth-order valence-corrected chi connectivity index (χ4v) is 2.75. The van der Waals surface area contributed by atoms with E-state index in [-0.39, 0.29) is 11.9 Å². The maximum Gasteiger partial charge on any atom is 0.344 e. The first-order valence-electron chi connectivity index (χ1n) is 8.00. The maximum atomic E-state index is 12.5. The molecule has 4 nitrogen and oxygen atoms in total. The number of nitrogens with zero attached hydrogens (tertiary/aromatic N) is 2. The van der Waals surface area contributed by atoms with E-state index in [9.17, 15) is 4.79 Å². The standard InChI is InChI=1S/C20H20N2O2/c1-14(2)18-15(3)21-22(17-12-8-5-9-13-17)19(18)24-20(23)16-10-6-4-7-11-16/h4-14H,1-3H3. The Morgan fingerprint density at radius 1 is 1.00 bits per heavy atom. The third-order valence-electron chi connectivity index (χ3n) is 3.84. The summed E-state index contributed by atoms with van der Waals surface area (Å²) >= 11 is 0. The summed E-state index contributed by atoms with van der Waals surface area (Å²) in [7, 11) is 0. The van der Waals surface area contributed by atoms with Gasteiger partial charge in [-0.3, -0.25) is 0 Å². The largest absolute Gasteiger partial charge is 0.403 e. The molecule has 0 amide bonds. The molecule has 2 aromatic carbocycles. The summed E-state index contributed by atoms with van der Waals surface area (Å²) in [6.45, 7) is 6.08. The summed E-state index contributed by atoms with van der Waals surface area (Å²) in [6, 6.07) is 18.7. The normalized spacial score (nSPS) is 10.8. The Bertz CT molecular complexity index is 837. The molecule has 1 aromatic heterocycles. The van der Waals surface area contributed by atoms with E-state index in [1.54, 1.807) is 16.8 Å². The fourth-order valence-electron chi connectivity index (χ4n) is 2.75. The second-order valence-electron chi connectivity index (χ2n) is 5.96. The maximum absolute atomic E-state index is 12.5. The number of hydrogen-bond acceptors (Lipinski definition) is 3. The van der Waals surface area contributed by atoms with E-state index >= 15 is 0 Å². The third-order valence-corrected chi connectivity index (χ3v) is 3.84. The highest BCUT2D eigenvalue weighted by atomic mass is 16.5. The number of ether oxygens (including phenoxy) is 1. The van der Waals surface area contributed by atoms with Gasteiger partial charge in [0, 0.05) is 5.56 Å². The first-order valence-corrected chi connectivity index (χ1v) is 8.00. The molecule has 0 unspecified atom stereocenters. The second kappa shape index (κ2) is 6.71. The van der Waals surface area contributed by atoms with E-state index in [0.717, 1.165) is 16.9 Å². The van der Waals surface area contributed by atoms with Crippen molar-refractivity contribution in [3.8, 4) is 11.6 Å². The molecule has 0 aliphatic rings. The van der Waals surface area contributed by atoms with Crippen LogP contribution in [0, 0.1) is 6.92 Å². The summed E-state index contributed by atoms with van der Waals surface area (Å²) in [5.41, 5.74) is 3.20. The van der Waals surface area contributed by atoms with Crippen LogP contribution in [0.1, 0.15) is 41.4 Å². The molecule has 0 saturated carbocycles. The van der Waals surface area contributed by atoms with Gasteiger partial charge in [-0.25, -0.2) is 9.48 Å². The van der Waals surface area contributed by atoms with Gasteiger partial charge in [0.15, 0.2) is 0 Å². The molecule has 0 N–H and O–H groups in total. The van der Waals surface area contributed by atoms with Crippen LogP contribution in [0.25, 0.3) is 5.69 Å². The summed E-state index contributed by atoms with van der Waals surface area (Å²) in [6.07, 6.45) is 0. The molecule has 0 aliphatic heterocycles. The van der Waals surface area contributed by atoms with Crippen LogP contribution >= 0.6 is 0 Å². The molecule has 0 saturated heterocycles. The summed E-state index contributed by atoms with van der Waals surface area (Å²) in [4.78, 5) is 12.5. The first kappa shape index (κ1) is 16.0. The molecule has 0 spiro atoms. The predicted octanol–water partition coefficient (Wildman–Crippen LogP) is 4.52. The van der Waals surface area contributed by atoms with Crippen molar-refractivity contribution in [2.24, 2.45) is 0 Å². The van der Waals surface area contributed by atoms with Crippen molar-refractivity contribution in [1.82, 2.24) is 9.78 Å². The number of carbonyl (C=O) groups excluding carboxylic acids is 1. The van der Waals surface area contributed by atoms with Crippen LogP contribution in [0.15, 0.2) is 60.7 Å². The van der Waals surface area contributed by atoms with E-state index in [4.69, 9.17) is 4.74 Å². The number of aromatic nitrogens is 2. The van der Waals surface area contributed by atoms with Crippen molar-refractivity contribution in [2.45, 2.75) is 26.7 Å². The Hall–Kier alpha value is -2.88. The van der Waals surface area contributed by atoms with Crippen molar-refractivity contribution in [1.29, 1.82) is 0 Å². The summed E-state index contributed by atoms with van der Waals surface area (Å²) < 4.78 is 7.46. The van der Waals surface area contributed by atoms with Gasteiger partial charge in [-0.15, -0.1) is 0 Å². The summed E-state index contributed by atoms with van der Waals surface area (Å²) in [5.74, 6) is 0.304. The van der Waals surface area contributed by atoms with Gasteiger partial charge in [0.2, 0.25) is 5.88 Å². The molecule has 3 rings (SSSR count). The van der Waals surface area contributed by atoms with Gasteiger partial charge in [-0.2, -0.15) is 5.10 Å². The Labute approximate surface area is 141 Å². The fraction of sp³-hybridized carbons (Fsp3) is 0.200. The zero-order valence-corrected chi connectivity index (χ0v) is 14.1. The van der Waals surface area contributed by atoms with Gasteiger partial charge in [0.1, 0.15) is 0 Å². The minimum atomic E-state index is -0.380. The van der Waals surface area contributed by atoms with Crippen molar-refractivity contribution in [3.05, 3.63) is 77.5 Å². The Morgan fingerprint density at radius 2 is 1.58 bits per heavy atom. The van der Waals surface area contributed by atoms with Crippen LogP contribution in [-0.4, -0.2) is 15.7 Å². The highest BCUT2D eigenvalue weighted by Gasteiger charge is 2.23. The molecular weight excluding hydrogens is 300 g/mol. The van der Waals surface area contributed by atoms with Crippen LogP contribution in [-0.2, 0) is 0 Å². The average Bonchev–Trinajstić information content (AvgIpc) is 2.92. The van der Waals surface area contributed by atoms with Gasteiger partial charge < -0.3 is 4.74 Å². The molecule has 24 heavy (non-hydrogen) atoms. The zero-order valence-electron chi connectivity index (χ0n) is 14.1. The lowest BCUT2D eigenvalue weighted by molar-refractivity contribution is 0.0721. The summed E-state index contributed by atoms with van der Waals surface area (Å²) in [5, 5.41) is 4.59. The second-order valence-corrected chi connectivity index (χ2v) is 5.96. The topological polar surface area (TPSA) is 44.1 Å². The smallest absolute Gasteiger partial charge is 0.344 e. The molecule has 4 heteroatoms. The monoisotopic (exact) mass is 320 g/mol. The van der Waals surface area contributed by atoms with Crippen LogP contribution in [0.5, 0.6) is 5.88 Å². The van der Waals surface area contributed by atoms with E-state index in [1.807, 2.05) is 55.5 Å². The van der Waals surface area contributed by atoms with E-state index < -0.39 is 0 Å². The molecule has 0 radical (unpaired) electrons. The Kier molecular flexibility index (Phi) is 4.47. The molecule has 0 aliphatic carbocycles. The number of carbonyl (C=O) groups is 1. The van der Waals surface area contributed by atoms with Gasteiger partial charge in [0.25, 0.3) is 0 Å². The highest BCUT2D eigenvalue weighted by molar-refractivity contribution is 5.91. The molecule has 0 fully saturated rings. The lowest BCUT2D eigenvalue weighted by Crippen LogP contribution is -2.13. The van der Waals surface area contributed by atoms with Gasteiger partial charge in [-0.05, 0) is 37.1 Å². The number of hydrogen-bond donors (Lipinski definition) is 0. The zero-order chi connectivity index (χ0) is 17.1. The van der Waals surface area contributed by atoms with Crippen molar-refractivity contribution in [2.75, 3.05) is 0 Å². The van der Waals surface area contributed by atoms with E-state index in [2.05, 4.69) is 18.9 Å². The van der Waals surface area contributed by atoms with Gasteiger partial charge in [-0.1, -0.05) is 50.2 Å². The third kappa shape index (κ3) is 3.08.